The zero-order valence-corrected chi connectivity index (χ0v) is 43.3. The van der Waals surface area contributed by atoms with Crippen LogP contribution in [0.15, 0.2) is 48.6 Å². The molecule has 6 nitrogen and oxygen atoms in total. The van der Waals surface area contributed by atoms with Gasteiger partial charge in [-0.25, -0.2) is 0 Å². The summed E-state index contributed by atoms with van der Waals surface area (Å²) in [5.41, 5.74) is 0. The van der Waals surface area contributed by atoms with Crippen LogP contribution in [0.25, 0.3) is 0 Å². The number of unbranched alkanes of at least 4 members (excludes halogenated alkanes) is 34. The minimum Gasteiger partial charge on any atom is -0.462 e. The van der Waals surface area contributed by atoms with Crippen molar-refractivity contribution in [2.75, 3.05) is 13.2 Å². The van der Waals surface area contributed by atoms with Crippen LogP contribution in [0.3, 0.4) is 0 Å². The van der Waals surface area contributed by atoms with Crippen molar-refractivity contribution in [3.8, 4) is 0 Å². The lowest BCUT2D eigenvalue weighted by atomic mass is 10.0. The Labute approximate surface area is 403 Å². The van der Waals surface area contributed by atoms with E-state index in [4.69, 9.17) is 14.2 Å². The Morgan fingerprint density at radius 2 is 0.615 bits per heavy atom. The number of carbonyl (C=O) groups excluding carboxylic acids is 3. The van der Waals surface area contributed by atoms with E-state index in [1.54, 1.807) is 0 Å². The van der Waals surface area contributed by atoms with Crippen LogP contribution in [0, 0.1) is 0 Å². The second kappa shape index (κ2) is 54.0. The third-order valence-electron chi connectivity index (χ3n) is 12.4. The average molecular weight is 911 g/mol. The molecule has 378 valence electrons. The monoisotopic (exact) mass is 911 g/mol. The second-order valence-corrected chi connectivity index (χ2v) is 18.9. The predicted molar refractivity (Wildman–Crippen MR) is 279 cm³/mol. The molecule has 0 aliphatic carbocycles. The van der Waals surface area contributed by atoms with Crippen molar-refractivity contribution < 1.29 is 28.6 Å². The van der Waals surface area contributed by atoms with Gasteiger partial charge in [-0.15, -0.1) is 0 Å². The molecule has 65 heavy (non-hydrogen) atoms. The van der Waals surface area contributed by atoms with Gasteiger partial charge in [0.1, 0.15) is 13.2 Å². The van der Waals surface area contributed by atoms with E-state index in [2.05, 4.69) is 69.4 Å². The maximum atomic E-state index is 12.8. The molecule has 0 saturated heterocycles. The van der Waals surface area contributed by atoms with Crippen molar-refractivity contribution in [1.82, 2.24) is 0 Å². The summed E-state index contributed by atoms with van der Waals surface area (Å²) in [6, 6.07) is 0. The molecule has 0 N–H and O–H groups in total. The van der Waals surface area contributed by atoms with Gasteiger partial charge in [-0.1, -0.05) is 256 Å². The van der Waals surface area contributed by atoms with E-state index in [9.17, 15) is 14.4 Å². The highest BCUT2D eigenvalue weighted by molar-refractivity contribution is 5.71. The molecule has 0 fully saturated rings. The predicted octanol–water partition coefficient (Wildman–Crippen LogP) is 18.7. The minimum absolute atomic E-state index is 0.0803. The van der Waals surface area contributed by atoms with E-state index in [-0.39, 0.29) is 31.1 Å². The van der Waals surface area contributed by atoms with Gasteiger partial charge < -0.3 is 14.2 Å². The zero-order chi connectivity index (χ0) is 47.2. The second-order valence-electron chi connectivity index (χ2n) is 18.9. The van der Waals surface area contributed by atoms with Gasteiger partial charge >= 0.3 is 17.9 Å². The van der Waals surface area contributed by atoms with Crippen LogP contribution >= 0.6 is 0 Å². The van der Waals surface area contributed by atoms with Crippen molar-refractivity contribution in [2.45, 2.75) is 297 Å². The van der Waals surface area contributed by atoms with Gasteiger partial charge in [0.2, 0.25) is 0 Å². The molecular weight excluding hydrogens is 805 g/mol. The number of allylic oxidation sites excluding steroid dienone is 8. The fourth-order valence-electron chi connectivity index (χ4n) is 8.14. The molecule has 0 rings (SSSR count). The van der Waals surface area contributed by atoms with Gasteiger partial charge in [-0.3, -0.25) is 14.4 Å². The van der Waals surface area contributed by atoms with E-state index >= 15 is 0 Å². The lowest BCUT2D eigenvalue weighted by molar-refractivity contribution is -0.167. The van der Waals surface area contributed by atoms with E-state index in [0.717, 1.165) is 96.3 Å². The van der Waals surface area contributed by atoms with Gasteiger partial charge in [-0.05, 0) is 64.2 Å². The molecule has 0 amide bonds. The Morgan fingerprint density at radius 3 is 0.969 bits per heavy atom. The highest BCUT2D eigenvalue weighted by atomic mass is 16.6. The summed E-state index contributed by atoms with van der Waals surface area (Å²) in [5, 5.41) is 0. The fourth-order valence-corrected chi connectivity index (χ4v) is 8.14. The molecule has 6 heteroatoms. The van der Waals surface area contributed by atoms with E-state index in [1.165, 1.54) is 154 Å². The lowest BCUT2D eigenvalue weighted by Crippen LogP contribution is -2.30. The van der Waals surface area contributed by atoms with Crippen LogP contribution in [-0.4, -0.2) is 37.2 Å². The molecule has 0 aromatic carbocycles. The highest BCUT2D eigenvalue weighted by Gasteiger charge is 2.19. The summed E-state index contributed by atoms with van der Waals surface area (Å²) in [7, 11) is 0. The van der Waals surface area contributed by atoms with Crippen molar-refractivity contribution in [3.05, 3.63) is 48.6 Å². The topological polar surface area (TPSA) is 78.9 Å². The molecule has 1 unspecified atom stereocenters. The average Bonchev–Trinajstić information content (AvgIpc) is 3.30. The Morgan fingerprint density at radius 1 is 0.323 bits per heavy atom. The summed E-state index contributed by atoms with van der Waals surface area (Å²) < 4.78 is 16.8. The maximum absolute atomic E-state index is 12.8. The molecule has 0 saturated carbocycles. The molecule has 1 atom stereocenters. The standard InChI is InChI=1S/C59H106O6/c1-4-7-10-13-16-19-22-25-27-29-30-32-34-37-40-43-46-49-52-58(61)64-55-56(54-63-57(60)51-48-45-42-39-36-33-24-21-18-15-12-9-6-3)65-59(62)53-50-47-44-41-38-35-31-28-26-23-20-17-14-11-8-5-2/h9,12,15,18,21,24,28,31,56H,4-8,10-11,13-14,16-17,19-20,22-23,25-27,29-30,32-55H2,1-3H3/b12-9+,18-15+,24-21+,31-28+. The first kappa shape index (κ1) is 62.4. The summed E-state index contributed by atoms with van der Waals surface area (Å²) in [6.07, 6.45) is 65.3. The number of hydrogen-bond acceptors (Lipinski definition) is 6. The maximum Gasteiger partial charge on any atom is 0.306 e. The van der Waals surface area contributed by atoms with E-state index in [1.807, 2.05) is 0 Å². The quantitative estimate of drug-likeness (QED) is 0.0199. The third kappa shape index (κ3) is 52.2. The van der Waals surface area contributed by atoms with Gasteiger partial charge in [0, 0.05) is 19.3 Å². The van der Waals surface area contributed by atoms with Gasteiger partial charge in [0.05, 0.1) is 0 Å². The zero-order valence-electron chi connectivity index (χ0n) is 43.3. The number of carbonyl (C=O) groups is 3. The van der Waals surface area contributed by atoms with E-state index in [0.29, 0.717) is 19.3 Å². The third-order valence-corrected chi connectivity index (χ3v) is 12.4. The van der Waals surface area contributed by atoms with Gasteiger partial charge in [0.25, 0.3) is 0 Å². The smallest absolute Gasteiger partial charge is 0.306 e. The number of ether oxygens (including phenoxy) is 3. The fraction of sp³-hybridized carbons (Fsp3) is 0.814. The van der Waals surface area contributed by atoms with Crippen LogP contribution < -0.4 is 0 Å². The summed E-state index contributed by atoms with van der Waals surface area (Å²) in [6.45, 7) is 6.51. The van der Waals surface area contributed by atoms with Gasteiger partial charge in [-0.2, -0.15) is 0 Å². The number of hydrogen-bond donors (Lipinski definition) is 0. The first-order valence-corrected chi connectivity index (χ1v) is 28.2. The Kier molecular flexibility index (Phi) is 51.8. The Bertz CT molecular complexity index is 1140. The van der Waals surface area contributed by atoms with Crippen LogP contribution in [0.1, 0.15) is 290 Å². The van der Waals surface area contributed by atoms with Crippen LogP contribution in [0.5, 0.6) is 0 Å². The molecule has 0 spiro atoms. The summed E-state index contributed by atoms with van der Waals surface area (Å²) in [5.74, 6) is -0.897. The SMILES string of the molecule is CC/C=C/C=C/C=C/CCCCCCCC(=O)OCC(COC(=O)CCCCCCCCCCCCCCCCCCCC)OC(=O)CCCCCCC/C=C/CCCCCCCCC. The Hall–Kier alpha value is -2.63. The normalized spacial score (nSPS) is 12.4. The molecule has 0 aliphatic rings. The van der Waals surface area contributed by atoms with Gasteiger partial charge in [0.15, 0.2) is 6.10 Å². The molecule has 0 aromatic rings. The van der Waals surface area contributed by atoms with Crippen LogP contribution in [0.4, 0.5) is 0 Å². The highest BCUT2D eigenvalue weighted by Crippen LogP contribution is 2.16. The number of esters is 3. The summed E-state index contributed by atoms with van der Waals surface area (Å²) in [4.78, 5) is 38.1. The largest absolute Gasteiger partial charge is 0.462 e. The van der Waals surface area contributed by atoms with Crippen molar-refractivity contribution in [3.63, 3.8) is 0 Å². The molecule has 0 radical (unpaired) electrons. The number of rotatable bonds is 51. The molecule has 0 aromatic heterocycles. The van der Waals surface area contributed by atoms with Crippen LogP contribution in [0.2, 0.25) is 0 Å². The first-order chi connectivity index (χ1) is 32.0. The minimum atomic E-state index is -0.783. The lowest BCUT2D eigenvalue weighted by Gasteiger charge is -2.18. The molecule has 0 bridgehead atoms. The first-order valence-electron chi connectivity index (χ1n) is 28.2. The summed E-state index contributed by atoms with van der Waals surface area (Å²) >= 11 is 0. The molecule has 0 aliphatic heterocycles. The van der Waals surface area contributed by atoms with Crippen LogP contribution in [-0.2, 0) is 28.6 Å². The van der Waals surface area contributed by atoms with Crippen molar-refractivity contribution in [2.24, 2.45) is 0 Å². The Balaban J connectivity index is 4.35. The molecular formula is C59H106O6. The molecule has 0 heterocycles. The van der Waals surface area contributed by atoms with Crippen molar-refractivity contribution >= 4 is 17.9 Å². The van der Waals surface area contributed by atoms with Crippen molar-refractivity contribution in [1.29, 1.82) is 0 Å². The van der Waals surface area contributed by atoms with E-state index < -0.39 is 6.10 Å².